The Labute approximate surface area is 150 Å². The molecule has 2 fully saturated rings. The van der Waals surface area contributed by atoms with Gasteiger partial charge in [-0.15, -0.1) is 24.8 Å². The Balaban J connectivity index is 0.00000132. The highest BCUT2D eigenvalue weighted by molar-refractivity contribution is 5.99. The predicted octanol–water partition coefficient (Wildman–Crippen LogP) is 2.40. The fourth-order valence-corrected chi connectivity index (χ4v) is 3.17. The molecule has 0 bridgehead atoms. The minimum absolute atomic E-state index is 0. The summed E-state index contributed by atoms with van der Waals surface area (Å²) in [4.78, 5) is 19.3. The topological polar surface area (TPSA) is 57.3 Å². The Morgan fingerprint density at radius 2 is 2.00 bits per heavy atom. The zero-order valence-corrected chi connectivity index (χ0v) is 14.9. The maximum absolute atomic E-state index is 12.6. The number of nitrogens with zero attached hydrogens (tertiary/aromatic N) is 2. The molecule has 1 aromatic rings. The molecule has 0 aromatic carbocycles. The lowest BCUT2D eigenvalue weighted by Gasteiger charge is -2.30. The lowest BCUT2D eigenvalue weighted by atomic mass is 10.1. The minimum Gasteiger partial charge on any atom is -0.356 e. The molecule has 0 spiro atoms. The van der Waals surface area contributed by atoms with Crippen molar-refractivity contribution in [1.82, 2.24) is 15.6 Å². The van der Waals surface area contributed by atoms with E-state index in [0.29, 0.717) is 5.56 Å². The first-order chi connectivity index (χ1) is 10.3. The largest absolute Gasteiger partial charge is 0.356 e. The normalized spacial score (nSPS) is 20.9. The van der Waals surface area contributed by atoms with Crippen LogP contribution in [0.2, 0.25) is 0 Å². The molecule has 0 saturated carbocycles. The number of aromatic nitrogens is 1. The molecule has 7 heteroatoms. The summed E-state index contributed by atoms with van der Waals surface area (Å²) in [6.45, 7) is 3.92. The first-order valence-corrected chi connectivity index (χ1v) is 8.06. The lowest BCUT2D eigenvalue weighted by molar-refractivity contribution is 0.0931. The molecule has 1 unspecified atom stereocenters. The van der Waals surface area contributed by atoms with Gasteiger partial charge in [0, 0.05) is 31.9 Å². The fraction of sp³-hybridized carbons (Fsp3) is 0.625. The van der Waals surface area contributed by atoms with Crippen molar-refractivity contribution in [2.75, 3.05) is 31.1 Å². The van der Waals surface area contributed by atoms with Gasteiger partial charge in [-0.2, -0.15) is 0 Å². The van der Waals surface area contributed by atoms with Crippen LogP contribution in [0.5, 0.6) is 0 Å². The number of carbonyl (C=O) groups is 1. The molecular formula is C16H26Cl2N4O. The third kappa shape index (κ3) is 5.23. The van der Waals surface area contributed by atoms with E-state index < -0.39 is 0 Å². The summed E-state index contributed by atoms with van der Waals surface area (Å²) < 4.78 is 0. The summed E-state index contributed by atoms with van der Waals surface area (Å²) in [6, 6.07) is 3.98. The van der Waals surface area contributed by atoms with Crippen molar-refractivity contribution < 1.29 is 4.79 Å². The van der Waals surface area contributed by atoms with Crippen LogP contribution in [-0.2, 0) is 0 Å². The van der Waals surface area contributed by atoms with Crippen LogP contribution in [0.25, 0.3) is 0 Å². The van der Waals surface area contributed by atoms with E-state index in [1.165, 1.54) is 19.3 Å². The molecule has 0 aliphatic carbocycles. The van der Waals surface area contributed by atoms with Gasteiger partial charge in [0.05, 0.1) is 5.56 Å². The molecule has 5 nitrogen and oxygen atoms in total. The first-order valence-electron chi connectivity index (χ1n) is 8.06. The molecule has 2 saturated heterocycles. The molecule has 23 heavy (non-hydrogen) atoms. The van der Waals surface area contributed by atoms with Crippen LogP contribution in [0.15, 0.2) is 18.3 Å². The average Bonchev–Trinajstić information content (AvgIpc) is 2.56. The molecule has 1 amide bonds. The minimum atomic E-state index is 0. The van der Waals surface area contributed by atoms with E-state index in [1.54, 1.807) is 6.20 Å². The number of rotatable bonds is 3. The Bertz CT molecular complexity index is 489. The van der Waals surface area contributed by atoms with Crippen LogP contribution < -0.4 is 15.5 Å². The highest BCUT2D eigenvalue weighted by atomic mass is 35.5. The van der Waals surface area contributed by atoms with E-state index in [-0.39, 0.29) is 36.8 Å². The number of hydrogen-bond acceptors (Lipinski definition) is 4. The molecule has 1 aromatic heterocycles. The highest BCUT2D eigenvalue weighted by Crippen LogP contribution is 2.21. The SMILES string of the molecule is Cl.Cl.O=C(NC1CCCNC1)c1cccnc1N1CCCCC1. The van der Waals surface area contributed by atoms with E-state index in [9.17, 15) is 4.79 Å². The van der Waals surface area contributed by atoms with Crippen molar-refractivity contribution in [3.8, 4) is 0 Å². The fourth-order valence-electron chi connectivity index (χ4n) is 3.17. The van der Waals surface area contributed by atoms with Crippen molar-refractivity contribution in [2.24, 2.45) is 0 Å². The third-order valence-electron chi connectivity index (χ3n) is 4.32. The molecule has 2 aliphatic rings. The quantitative estimate of drug-likeness (QED) is 0.868. The second-order valence-corrected chi connectivity index (χ2v) is 5.94. The van der Waals surface area contributed by atoms with Gasteiger partial charge in [-0.1, -0.05) is 0 Å². The van der Waals surface area contributed by atoms with Gasteiger partial charge < -0.3 is 15.5 Å². The monoisotopic (exact) mass is 360 g/mol. The number of halogens is 2. The maximum atomic E-state index is 12.6. The van der Waals surface area contributed by atoms with Gasteiger partial charge in [0.15, 0.2) is 0 Å². The molecule has 2 aliphatic heterocycles. The van der Waals surface area contributed by atoms with Crippen molar-refractivity contribution in [3.05, 3.63) is 23.9 Å². The zero-order chi connectivity index (χ0) is 14.5. The summed E-state index contributed by atoms with van der Waals surface area (Å²) in [5, 5.41) is 6.48. The van der Waals surface area contributed by atoms with Gasteiger partial charge >= 0.3 is 0 Å². The summed E-state index contributed by atoms with van der Waals surface area (Å²) >= 11 is 0. The van der Waals surface area contributed by atoms with E-state index in [4.69, 9.17) is 0 Å². The Hall–Kier alpha value is -1.04. The van der Waals surface area contributed by atoms with Gasteiger partial charge in [-0.25, -0.2) is 4.98 Å². The molecule has 3 rings (SSSR count). The number of piperidine rings is 2. The van der Waals surface area contributed by atoms with Crippen LogP contribution in [-0.4, -0.2) is 43.1 Å². The van der Waals surface area contributed by atoms with Crippen LogP contribution in [0.1, 0.15) is 42.5 Å². The van der Waals surface area contributed by atoms with E-state index in [1.807, 2.05) is 12.1 Å². The number of hydrogen-bond donors (Lipinski definition) is 2. The summed E-state index contributed by atoms with van der Waals surface area (Å²) in [6.07, 6.45) is 7.60. The van der Waals surface area contributed by atoms with Gasteiger partial charge in [-0.05, 0) is 50.8 Å². The first kappa shape index (κ1) is 20.0. The summed E-state index contributed by atoms with van der Waals surface area (Å²) in [5.74, 6) is 0.857. The predicted molar refractivity (Wildman–Crippen MR) is 98.2 cm³/mol. The standard InChI is InChI=1S/C16H24N4O.2ClH/c21-16(19-13-6-4-8-17-12-13)14-7-5-9-18-15(14)20-10-2-1-3-11-20;;/h5,7,9,13,17H,1-4,6,8,10-12H2,(H,19,21);2*1H. The number of anilines is 1. The van der Waals surface area contributed by atoms with Gasteiger partial charge in [0.1, 0.15) is 5.82 Å². The third-order valence-corrected chi connectivity index (χ3v) is 4.32. The van der Waals surface area contributed by atoms with Crippen LogP contribution in [0.4, 0.5) is 5.82 Å². The lowest BCUT2D eigenvalue weighted by Crippen LogP contribution is -2.46. The van der Waals surface area contributed by atoms with E-state index in [0.717, 1.165) is 44.8 Å². The van der Waals surface area contributed by atoms with Crippen LogP contribution >= 0.6 is 24.8 Å². The number of pyridine rings is 1. The molecule has 1 atom stereocenters. The van der Waals surface area contributed by atoms with Crippen molar-refractivity contribution in [3.63, 3.8) is 0 Å². The smallest absolute Gasteiger partial charge is 0.255 e. The van der Waals surface area contributed by atoms with Gasteiger partial charge in [-0.3, -0.25) is 4.79 Å². The molecular weight excluding hydrogens is 335 g/mol. The van der Waals surface area contributed by atoms with E-state index in [2.05, 4.69) is 20.5 Å². The van der Waals surface area contributed by atoms with Crippen molar-refractivity contribution in [2.45, 2.75) is 38.1 Å². The Morgan fingerprint density at radius 1 is 1.22 bits per heavy atom. The molecule has 2 N–H and O–H groups in total. The van der Waals surface area contributed by atoms with Crippen LogP contribution in [0.3, 0.4) is 0 Å². The summed E-state index contributed by atoms with van der Waals surface area (Å²) in [7, 11) is 0. The average molecular weight is 361 g/mol. The second-order valence-electron chi connectivity index (χ2n) is 5.94. The zero-order valence-electron chi connectivity index (χ0n) is 13.3. The number of amides is 1. The van der Waals surface area contributed by atoms with Crippen LogP contribution in [0, 0.1) is 0 Å². The maximum Gasteiger partial charge on any atom is 0.255 e. The summed E-state index contributed by atoms with van der Waals surface area (Å²) in [5.41, 5.74) is 0.713. The van der Waals surface area contributed by atoms with Crippen molar-refractivity contribution >= 4 is 36.5 Å². The Kier molecular flexibility index (Phi) is 8.66. The van der Waals surface area contributed by atoms with Gasteiger partial charge in [0.2, 0.25) is 0 Å². The van der Waals surface area contributed by atoms with Gasteiger partial charge in [0.25, 0.3) is 5.91 Å². The molecule has 3 heterocycles. The molecule has 130 valence electrons. The number of carbonyl (C=O) groups excluding carboxylic acids is 1. The van der Waals surface area contributed by atoms with E-state index >= 15 is 0 Å². The molecule has 0 radical (unpaired) electrons. The van der Waals surface area contributed by atoms with Crippen molar-refractivity contribution in [1.29, 1.82) is 0 Å². The highest BCUT2D eigenvalue weighted by Gasteiger charge is 2.22. The Morgan fingerprint density at radius 3 is 2.70 bits per heavy atom. The second kappa shape index (κ2) is 9.96. The number of nitrogens with one attached hydrogen (secondary N) is 2.